The predicted octanol–water partition coefficient (Wildman–Crippen LogP) is 3.26. The molecular formula is C13H16N2OS. The van der Waals surface area contributed by atoms with Gasteiger partial charge in [-0.25, -0.2) is 4.98 Å². The smallest absolute Gasteiger partial charge is 0.123 e. The van der Waals surface area contributed by atoms with E-state index in [4.69, 9.17) is 4.74 Å². The van der Waals surface area contributed by atoms with Crippen molar-refractivity contribution in [3.63, 3.8) is 0 Å². The zero-order chi connectivity index (χ0) is 12.1. The normalized spacial score (nSPS) is 12.4. The summed E-state index contributed by atoms with van der Waals surface area (Å²) in [4.78, 5) is 4.31. The summed E-state index contributed by atoms with van der Waals surface area (Å²) in [5.41, 5.74) is 2.25. The van der Waals surface area contributed by atoms with Gasteiger partial charge >= 0.3 is 0 Å². The molecule has 0 saturated heterocycles. The molecule has 0 spiro atoms. The van der Waals surface area contributed by atoms with E-state index in [2.05, 4.69) is 35.4 Å². The number of nitrogens with one attached hydrogen (secondary N) is 1. The van der Waals surface area contributed by atoms with Crippen LogP contribution in [0, 0.1) is 0 Å². The van der Waals surface area contributed by atoms with Crippen molar-refractivity contribution >= 4 is 17.0 Å². The van der Waals surface area contributed by atoms with Gasteiger partial charge in [-0.05, 0) is 19.1 Å². The van der Waals surface area contributed by atoms with E-state index in [1.54, 1.807) is 18.4 Å². The van der Waals surface area contributed by atoms with E-state index >= 15 is 0 Å². The average molecular weight is 248 g/mol. The monoisotopic (exact) mass is 248 g/mol. The molecule has 3 nitrogen and oxygen atoms in total. The third kappa shape index (κ3) is 3.28. The van der Waals surface area contributed by atoms with Crippen molar-refractivity contribution in [3.05, 3.63) is 35.8 Å². The summed E-state index contributed by atoms with van der Waals surface area (Å²) in [5, 5.41) is 6.44. The van der Waals surface area contributed by atoms with Crippen molar-refractivity contribution in [2.45, 2.75) is 13.0 Å². The lowest BCUT2D eigenvalue weighted by molar-refractivity contribution is 0.190. The predicted molar refractivity (Wildman–Crippen MR) is 72.5 cm³/mol. The summed E-state index contributed by atoms with van der Waals surface area (Å²) in [7, 11) is 1.71. The molecule has 0 bridgehead atoms. The lowest BCUT2D eigenvalue weighted by Gasteiger charge is -2.14. The Labute approximate surface area is 105 Å². The van der Waals surface area contributed by atoms with Gasteiger partial charge in [0.25, 0.3) is 0 Å². The van der Waals surface area contributed by atoms with Gasteiger partial charge in [-0.3, -0.25) is 0 Å². The van der Waals surface area contributed by atoms with Gasteiger partial charge in [0.15, 0.2) is 0 Å². The summed E-state index contributed by atoms with van der Waals surface area (Å²) in [6, 6.07) is 8.59. The molecule has 0 amide bonds. The quantitative estimate of drug-likeness (QED) is 0.882. The molecule has 90 valence electrons. The maximum atomic E-state index is 5.11. The molecule has 1 heterocycles. The second-order valence-electron chi connectivity index (χ2n) is 3.92. The first-order chi connectivity index (χ1) is 8.29. The molecule has 2 aromatic rings. The minimum Gasteiger partial charge on any atom is -0.383 e. The third-order valence-corrected chi connectivity index (χ3v) is 3.19. The van der Waals surface area contributed by atoms with Gasteiger partial charge in [-0.15, -0.1) is 11.3 Å². The number of rotatable bonds is 5. The highest BCUT2D eigenvalue weighted by Crippen LogP contribution is 2.24. The molecule has 0 aliphatic carbocycles. The molecule has 17 heavy (non-hydrogen) atoms. The van der Waals surface area contributed by atoms with Crippen LogP contribution in [0.4, 0.5) is 5.69 Å². The first-order valence-corrected chi connectivity index (χ1v) is 6.43. The van der Waals surface area contributed by atoms with Crippen molar-refractivity contribution in [1.82, 2.24) is 4.98 Å². The zero-order valence-corrected chi connectivity index (χ0v) is 10.8. The van der Waals surface area contributed by atoms with Crippen molar-refractivity contribution in [2.75, 3.05) is 19.0 Å². The Balaban J connectivity index is 2.12. The van der Waals surface area contributed by atoms with Gasteiger partial charge in [-0.2, -0.15) is 0 Å². The van der Waals surface area contributed by atoms with Gasteiger partial charge in [0.2, 0.25) is 0 Å². The van der Waals surface area contributed by atoms with Crippen LogP contribution in [0.5, 0.6) is 0 Å². The first-order valence-electron chi connectivity index (χ1n) is 5.55. The van der Waals surface area contributed by atoms with Crippen LogP contribution in [0.2, 0.25) is 0 Å². The van der Waals surface area contributed by atoms with Crippen molar-refractivity contribution in [1.29, 1.82) is 0 Å². The largest absolute Gasteiger partial charge is 0.383 e. The van der Waals surface area contributed by atoms with E-state index in [1.807, 2.05) is 17.6 Å². The molecule has 4 heteroatoms. The van der Waals surface area contributed by atoms with Crippen molar-refractivity contribution in [2.24, 2.45) is 0 Å². The highest BCUT2D eigenvalue weighted by atomic mass is 32.1. The van der Waals surface area contributed by atoms with Gasteiger partial charge in [0.1, 0.15) is 5.01 Å². The van der Waals surface area contributed by atoms with Crippen LogP contribution in [-0.4, -0.2) is 24.7 Å². The first kappa shape index (κ1) is 12.1. The van der Waals surface area contributed by atoms with Crippen LogP contribution in [0.15, 0.2) is 35.8 Å². The summed E-state index contributed by atoms with van der Waals surface area (Å²) < 4.78 is 5.11. The standard InChI is InChI=1S/C13H16N2OS/c1-10(9-16-2)15-12-5-3-4-11(8-12)13-14-6-7-17-13/h3-8,10,15H,9H2,1-2H3. The molecule has 1 N–H and O–H groups in total. The minimum absolute atomic E-state index is 0.298. The Bertz CT molecular complexity index is 456. The number of aromatic nitrogens is 1. The molecular weight excluding hydrogens is 232 g/mol. The number of hydrogen-bond donors (Lipinski definition) is 1. The van der Waals surface area contributed by atoms with Crippen LogP contribution in [0.25, 0.3) is 10.6 Å². The number of thiazole rings is 1. The Morgan fingerprint density at radius 2 is 2.35 bits per heavy atom. The Morgan fingerprint density at radius 3 is 3.06 bits per heavy atom. The van der Waals surface area contributed by atoms with Crippen LogP contribution in [-0.2, 0) is 4.74 Å². The number of nitrogens with zero attached hydrogens (tertiary/aromatic N) is 1. The molecule has 1 aromatic carbocycles. The molecule has 0 fully saturated rings. The SMILES string of the molecule is COCC(C)Nc1cccc(-c2nccs2)c1. The molecule has 2 rings (SSSR count). The summed E-state index contributed by atoms with van der Waals surface area (Å²) in [6.45, 7) is 2.79. The van der Waals surface area contributed by atoms with Crippen LogP contribution in [0.1, 0.15) is 6.92 Å². The Morgan fingerprint density at radius 1 is 1.47 bits per heavy atom. The highest BCUT2D eigenvalue weighted by Gasteiger charge is 2.04. The molecule has 0 radical (unpaired) electrons. The average Bonchev–Trinajstić information content (AvgIpc) is 2.83. The van der Waals surface area contributed by atoms with Crippen LogP contribution >= 0.6 is 11.3 Å². The van der Waals surface area contributed by atoms with Crippen molar-refractivity contribution < 1.29 is 4.74 Å². The number of anilines is 1. The molecule has 1 atom stereocenters. The second kappa shape index (κ2) is 5.80. The fourth-order valence-electron chi connectivity index (χ4n) is 1.68. The third-order valence-electron chi connectivity index (χ3n) is 2.37. The number of ether oxygens (including phenoxy) is 1. The summed E-state index contributed by atoms with van der Waals surface area (Å²) in [6.07, 6.45) is 1.83. The van der Waals surface area contributed by atoms with E-state index in [1.165, 1.54) is 0 Å². The maximum Gasteiger partial charge on any atom is 0.123 e. The Hall–Kier alpha value is -1.39. The van der Waals surface area contributed by atoms with Gasteiger partial charge in [0.05, 0.1) is 6.61 Å². The lowest BCUT2D eigenvalue weighted by atomic mass is 10.2. The topological polar surface area (TPSA) is 34.1 Å². The Kier molecular flexibility index (Phi) is 4.12. The maximum absolute atomic E-state index is 5.11. The number of methoxy groups -OCH3 is 1. The molecule has 0 aliphatic rings. The summed E-state index contributed by atoms with van der Waals surface area (Å²) >= 11 is 1.65. The zero-order valence-electron chi connectivity index (χ0n) is 10.0. The fraction of sp³-hybridized carbons (Fsp3) is 0.308. The van der Waals surface area contributed by atoms with E-state index in [0.29, 0.717) is 12.6 Å². The molecule has 0 aliphatic heterocycles. The van der Waals surface area contributed by atoms with Crippen molar-refractivity contribution in [3.8, 4) is 10.6 Å². The van der Waals surface area contributed by atoms with Crippen LogP contribution in [0.3, 0.4) is 0 Å². The molecule has 1 aromatic heterocycles. The van der Waals surface area contributed by atoms with E-state index in [9.17, 15) is 0 Å². The van der Waals surface area contributed by atoms with Gasteiger partial charge < -0.3 is 10.1 Å². The minimum atomic E-state index is 0.298. The number of benzene rings is 1. The van der Waals surface area contributed by atoms with E-state index in [-0.39, 0.29) is 0 Å². The summed E-state index contributed by atoms with van der Waals surface area (Å²) in [5.74, 6) is 0. The fourth-order valence-corrected chi connectivity index (χ4v) is 2.32. The van der Waals surface area contributed by atoms with Gasteiger partial charge in [0, 0.05) is 36.0 Å². The molecule has 0 saturated carbocycles. The lowest BCUT2D eigenvalue weighted by Crippen LogP contribution is -2.20. The second-order valence-corrected chi connectivity index (χ2v) is 4.81. The van der Waals surface area contributed by atoms with E-state index in [0.717, 1.165) is 16.3 Å². The highest BCUT2D eigenvalue weighted by molar-refractivity contribution is 7.13. The number of hydrogen-bond acceptors (Lipinski definition) is 4. The van der Waals surface area contributed by atoms with Gasteiger partial charge in [-0.1, -0.05) is 12.1 Å². The molecule has 1 unspecified atom stereocenters. The van der Waals surface area contributed by atoms with E-state index < -0.39 is 0 Å². The van der Waals surface area contributed by atoms with Crippen LogP contribution < -0.4 is 5.32 Å².